The first-order valence-electron chi connectivity index (χ1n) is 8.15. The Labute approximate surface area is 155 Å². The Bertz CT molecular complexity index is 859. The molecular formula is C20H17NO4S. The van der Waals surface area contributed by atoms with Gasteiger partial charge in [0.15, 0.2) is 0 Å². The van der Waals surface area contributed by atoms with Crippen molar-refractivity contribution in [2.24, 2.45) is 0 Å². The van der Waals surface area contributed by atoms with Crippen LogP contribution in [-0.4, -0.2) is 35.2 Å². The molecule has 1 fully saturated rings. The normalized spacial score (nSPS) is 15.6. The molecule has 132 valence electrons. The van der Waals surface area contributed by atoms with Crippen LogP contribution in [0.4, 0.5) is 4.79 Å². The zero-order valence-electron chi connectivity index (χ0n) is 14.2. The number of nitrogens with zero attached hydrogens (tertiary/aromatic N) is 1. The van der Waals surface area contributed by atoms with Crippen molar-refractivity contribution in [2.45, 2.75) is 6.92 Å². The van der Waals surface area contributed by atoms with Gasteiger partial charge in [0.1, 0.15) is 6.54 Å². The number of hydrogen-bond donors (Lipinski definition) is 0. The Kier molecular flexibility index (Phi) is 5.53. The molecule has 2 amide bonds. The second kappa shape index (κ2) is 8.01. The number of carbonyl (C=O) groups excluding carboxylic acids is 3. The first kappa shape index (κ1) is 17.9. The van der Waals surface area contributed by atoms with Gasteiger partial charge in [-0.1, -0.05) is 54.6 Å². The average Bonchev–Trinajstić information content (AvgIpc) is 2.91. The standard InChI is InChI=1S/C20H17NO4S/c1-2-25-18(22)13-21-19(23)17(26-20(21)24)12-14-8-10-16(11-9-14)15-6-4-3-5-7-15/h3-12H,2,13H2,1H3/b17-12-. The highest BCUT2D eigenvalue weighted by atomic mass is 32.2. The maximum Gasteiger partial charge on any atom is 0.326 e. The molecule has 0 unspecified atom stereocenters. The van der Waals surface area contributed by atoms with Crippen LogP contribution in [0.15, 0.2) is 59.5 Å². The second-order valence-corrected chi connectivity index (χ2v) is 6.55. The van der Waals surface area contributed by atoms with Gasteiger partial charge < -0.3 is 4.74 Å². The summed E-state index contributed by atoms with van der Waals surface area (Å²) in [5.41, 5.74) is 2.98. The Morgan fingerprint density at radius 2 is 1.69 bits per heavy atom. The Hall–Kier alpha value is -2.86. The summed E-state index contributed by atoms with van der Waals surface area (Å²) in [5.74, 6) is -1.07. The van der Waals surface area contributed by atoms with Crippen molar-refractivity contribution >= 4 is 35.0 Å². The van der Waals surface area contributed by atoms with E-state index in [1.165, 1.54) is 0 Å². The van der Waals surface area contributed by atoms with Crippen LogP contribution in [0.3, 0.4) is 0 Å². The summed E-state index contributed by atoms with van der Waals surface area (Å²) in [5, 5.41) is -0.463. The third-order valence-electron chi connectivity index (χ3n) is 3.78. The number of carbonyl (C=O) groups is 3. The number of esters is 1. The molecule has 1 heterocycles. The predicted molar refractivity (Wildman–Crippen MR) is 101 cm³/mol. The molecule has 3 rings (SSSR count). The van der Waals surface area contributed by atoms with E-state index in [-0.39, 0.29) is 13.2 Å². The smallest absolute Gasteiger partial charge is 0.326 e. The molecule has 0 bridgehead atoms. The van der Waals surface area contributed by atoms with Gasteiger partial charge in [-0.3, -0.25) is 19.3 Å². The molecule has 0 saturated carbocycles. The van der Waals surface area contributed by atoms with Crippen molar-refractivity contribution in [3.05, 3.63) is 65.1 Å². The van der Waals surface area contributed by atoms with E-state index < -0.39 is 17.1 Å². The first-order chi connectivity index (χ1) is 12.6. The van der Waals surface area contributed by atoms with Crippen LogP contribution < -0.4 is 0 Å². The van der Waals surface area contributed by atoms with Gasteiger partial charge in [-0.2, -0.15) is 0 Å². The summed E-state index contributed by atoms with van der Waals surface area (Å²) in [6.45, 7) is 1.52. The van der Waals surface area contributed by atoms with Gasteiger partial charge in [0.25, 0.3) is 11.1 Å². The van der Waals surface area contributed by atoms with E-state index in [1.807, 2.05) is 54.6 Å². The number of ether oxygens (including phenoxy) is 1. The van der Waals surface area contributed by atoms with Gasteiger partial charge in [-0.25, -0.2) is 0 Å². The molecule has 26 heavy (non-hydrogen) atoms. The zero-order valence-corrected chi connectivity index (χ0v) is 15.0. The van der Waals surface area contributed by atoms with Crippen molar-refractivity contribution in [1.29, 1.82) is 0 Å². The second-order valence-electron chi connectivity index (χ2n) is 5.56. The lowest BCUT2D eigenvalue weighted by Crippen LogP contribution is -2.34. The molecule has 0 atom stereocenters. The Morgan fingerprint density at radius 3 is 2.35 bits per heavy atom. The molecule has 0 spiro atoms. The molecule has 0 N–H and O–H groups in total. The minimum atomic E-state index is -0.594. The predicted octanol–water partition coefficient (Wildman–Crippen LogP) is 3.95. The van der Waals surface area contributed by atoms with E-state index in [0.29, 0.717) is 4.91 Å². The van der Waals surface area contributed by atoms with Gasteiger partial charge in [0, 0.05) is 0 Å². The molecule has 1 aliphatic rings. The van der Waals surface area contributed by atoms with Gasteiger partial charge in [-0.15, -0.1) is 0 Å². The molecule has 1 saturated heterocycles. The fourth-order valence-corrected chi connectivity index (χ4v) is 3.36. The van der Waals surface area contributed by atoms with Gasteiger partial charge in [0.05, 0.1) is 11.5 Å². The summed E-state index contributed by atoms with van der Waals surface area (Å²) in [7, 11) is 0. The third kappa shape index (κ3) is 4.03. The minimum absolute atomic E-state index is 0.207. The number of rotatable bonds is 5. The number of benzene rings is 2. The summed E-state index contributed by atoms with van der Waals surface area (Å²) < 4.78 is 4.80. The SMILES string of the molecule is CCOC(=O)CN1C(=O)S/C(=C\c2ccc(-c3ccccc3)cc2)C1=O. The third-order valence-corrected chi connectivity index (χ3v) is 4.69. The van der Waals surface area contributed by atoms with E-state index in [9.17, 15) is 14.4 Å². The lowest BCUT2D eigenvalue weighted by molar-refractivity contribution is -0.145. The van der Waals surface area contributed by atoms with Crippen LogP contribution >= 0.6 is 11.8 Å². The fraction of sp³-hybridized carbons (Fsp3) is 0.150. The van der Waals surface area contributed by atoms with Crippen LogP contribution in [0.2, 0.25) is 0 Å². The maximum absolute atomic E-state index is 12.4. The lowest BCUT2D eigenvalue weighted by atomic mass is 10.0. The van der Waals surface area contributed by atoms with Crippen LogP contribution in [-0.2, 0) is 14.3 Å². The zero-order chi connectivity index (χ0) is 18.5. The van der Waals surface area contributed by atoms with E-state index in [0.717, 1.165) is 33.4 Å². The molecule has 2 aromatic carbocycles. The van der Waals surface area contributed by atoms with Gasteiger partial charge in [-0.05, 0) is 41.5 Å². The van der Waals surface area contributed by atoms with Crippen LogP contribution in [0, 0.1) is 0 Å². The largest absolute Gasteiger partial charge is 0.465 e. The highest BCUT2D eigenvalue weighted by Gasteiger charge is 2.36. The number of amides is 2. The molecule has 0 aromatic heterocycles. The summed E-state index contributed by atoms with van der Waals surface area (Å²) >= 11 is 0.828. The first-order valence-corrected chi connectivity index (χ1v) is 8.96. The van der Waals surface area contributed by atoms with Crippen molar-refractivity contribution in [3.8, 4) is 11.1 Å². The van der Waals surface area contributed by atoms with E-state index in [1.54, 1.807) is 13.0 Å². The van der Waals surface area contributed by atoms with Crippen molar-refractivity contribution in [2.75, 3.05) is 13.2 Å². The summed E-state index contributed by atoms with van der Waals surface area (Å²) in [6.07, 6.45) is 1.66. The maximum atomic E-state index is 12.4. The topological polar surface area (TPSA) is 63.7 Å². The Balaban J connectivity index is 1.75. The highest BCUT2D eigenvalue weighted by molar-refractivity contribution is 8.18. The van der Waals surface area contributed by atoms with E-state index >= 15 is 0 Å². The van der Waals surface area contributed by atoms with Gasteiger partial charge >= 0.3 is 5.97 Å². The number of hydrogen-bond acceptors (Lipinski definition) is 5. The number of imide groups is 1. The van der Waals surface area contributed by atoms with Crippen LogP contribution in [0.1, 0.15) is 12.5 Å². The van der Waals surface area contributed by atoms with Gasteiger partial charge in [0.2, 0.25) is 0 Å². The van der Waals surface area contributed by atoms with Crippen molar-refractivity contribution < 1.29 is 19.1 Å². The molecule has 2 aromatic rings. The average molecular weight is 367 g/mol. The lowest BCUT2D eigenvalue weighted by Gasteiger charge is -2.10. The summed E-state index contributed by atoms with van der Waals surface area (Å²) in [4.78, 5) is 37.1. The molecular weight excluding hydrogens is 350 g/mol. The van der Waals surface area contributed by atoms with E-state index in [4.69, 9.17) is 4.74 Å². The van der Waals surface area contributed by atoms with Crippen molar-refractivity contribution in [3.63, 3.8) is 0 Å². The Morgan fingerprint density at radius 1 is 1.04 bits per heavy atom. The monoisotopic (exact) mass is 367 g/mol. The highest BCUT2D eigenvalue weighted by Crippen LogP contribution is 2.32. The van der Waals surface area contributed by atoms with Crippen LogP contribution in [0.25, 0.3) is 17.2 Å². The molecule has 0 aliphatic carbocycles. The molecule has 0 radical (unpaired) electrons. The minimum Gasteiger partial charge on any atom is -0.465 e. The molecule has 1 aliphatic heterocycles. The van der Waals surface area contributed by atoms with E-state index in [2.05, 4.69) is 0 Å². The summed E-state index contributed by atoms with van der Waals surface area (Å²) in [6, 6.07) is 17.7. The molecule has 5 nitrogen and oxygen atoms in total. The fourth-order valence-electron chi connectivity index (χ4n) is 2.53. The van der Waals surface area contributed by atoms with Crippen molar-refractivity contribution in [1.82, 2.24) is 4.90 Å². The van der Waals surface area contributed by atoms with Crippen LogP contribution in [0.5, 0.6) is 0 Å². The molecule has 6 heteroatoms. The number of thioether (sulfide) groups is 1. The quantitative estimate of drug-likeness (QED) is 0.591.